The average Bonchev–Trinajstić information content (AvgIpc) is 2.33. The molecule has 0 N–H and O–H groups in total. The normalized spacial score (nSPS) is 10.4. The van der Waals surface area contributed by atoms with Crippen LogP contribution < -0.4 is 0 Å². The zero-order valence-corrected chi connectivity index (χ0v) is 11.6. The van der Waals surface area contributed by atoms with Gasteiger partial charge in [0.15, 0.2) is 5.78 Å². The van der Waals surface area contributed by atoms with E-state index < -0.39 is 5.82 Å². The highest BCUT2D eigenvalue weighted by Gasteiger charge is 2.13. The molecule has 0 spiro atoms. The van der Waals surface area contributed by atoms with Crippen LogP contribution in [0, 0.1) is 5.82 Å². The lowest BCUT2D eigenvalue weighted by Crippen LogP contribution is -2.05. The van der Waals surface area contributed by atoms with Crippen molar-refractivity contribution in [1.29, 1.82) is 0 Å². The van der Waals surface area contributed by atoms with E-state index in [2.05, 4.69) is 15.9 Å². The summed E-state index contributed by atoms with van der Waals surface area (Å²) in [4.78, 5) is 12.0. The molecule has 2 aromatic carbocycles. The number of hydrogen-bond acceptors (Lipinski definition) is 1. The number of carbonyl (C=O) groups is 1. The van der Waals surface area contributed by atoms with Crippen molar-refractivity contribution in [2.75, 3.05) is 0 Å². The van der Waals surface area contributed by atoms with E-state index in [0.29, 0.717) is 20.6 Å². The molecule has 2 aromatic rings. The van der Waals surface area contributed by atoms with Gasteiger partial charge in [0.2, 0.25) is 0 Å². The van der Waals surface area contributed by atoms with Gasteiger partial charge in [0.05, 0.1) is 5.02 Å². The summed E-state index contributed by atoms with van der Waals surface area (Å²) in [7, 11) is 0. The van der Waals surface area contributed by atoms with Gasteiger partial charge in [0.25, 0.3) is 0 Å². The molecule has 0 aliphatic heterocycles. The number of carbonyl (C=O) groups excluding carboxylic acids is 1. The zero-order chi connectivity index (χ0) is 13.1. The molecule has 0 saturated carbocycles. The molecule has 0 saturated heterocycles. The van der Waals surface area contributed by atoms with Gasteiger partial charge in [-0.25, -0.2) is 4.39 Å². The van der Waals surface area contributed by atoms with Crippen LogP contribution in [-0.2, 0) is 6.42 Å². The predicted molar refractivity (Wildman–Crippen MR) is 73.6 cm³/mol. The van der Waals surface area contributed by atoms with Crippen LogP contribution in [-0.4, -0.2) is 5.78 Å². The van der Waals surface area contributed by atoms with E-state index in [1.54, 1.807) is 36.4 Å². The Bertz CT molecular complexity index is 598. The SMILES string of the molecule is O=C(Cc1ccc(Br)cc1F)c1ccccc1Cl. The van der Waals surface area contributed by atoms with E-state index in [0.717, 1.165) is 0 Å². The summed E-state index contributed by atoms with van der Waals surface area (Å²) in [6, 6.07) is 11.4. The summed E-state index contributed by atoms with van der Waals surface area (Å²) >= 11 is 9.10. The lowest BCUT2D eigenvalue weighted by molar-refractivity contribution is 0.0992. The second-order valence-corrected chi connectivity index (χ2v) is 5.14. The fourth-order valence-electron chi connectivity index (χ4n) is 1.62. The molecule has 2 rings (SSSR count). The Morgan fingerprint density at radius 3 is 2.61 bits per heavy atom. The third-order valence-corrected chi connectivity index (χ3v) is 3.36. The number of halogens is 3. The van der Waals surface area contributed by atoms with Gasteiger partial charge in [-0.3, -0.25) is 4.79 Å². The molecule has 0 atom stereocenters. The van der Waals surface area contributed by atoms with Crippen molar-refractivity contribution in [2.24, 2.45) is 0 Å². The Balaban J connectivity index is 2.24. The summed E-state index contributed by atoms with van der Waals surface area (Å²) in [6.07, 6.45) is 0.00282. The van der Waals surface area contributed by atoms with Crippen LogP contribution in [0.4, 0.5) is 4.39 Å². The fraction of sp³-hybridized carbons (Fsp3) is 0.0714. The topological polar surface area (TPSA) is 17.1 Å². The van der Waals surface area contributed by atoms with Gasteiger partial charge in [-0.1, -0.05) is 45.7 Å². The Hall–Kier alpha value is -1.19. The molecule has 0 heterocycles. The van der Waals surface area contributed by atoms with Crippen molar-refractivity contribution in [2.45, 2.75) is 6.42 Å². The maximum Gasteiger partial charge on any atom is 0.168 e. The molecule has 0 radical (unpaired) electrons. The minimum Gasteiger partial charge on any atom is -0.294 e. The Morgan fingerprint density at radius 2 is 1.94 bits per heavy atom. The molecule has 0 aliphatic carbocycles. The summed E-state index contributed by atoms with van der Waals surface area (Å²) < 4.78 is 14.3. The average molecular weight is 328 g/mol. The molecule has 4 heteroatoms. The summed E-state index contributed by atoms with van der Waals surface area (Å²) in [5.74, 6) is -0.591. The van der Waals surface area contributed by atoms with Crippen LogP contribution in [0.1, 0.15) is 15.9 Å². The van der Waals surface area contributed by atoms with Gasteiger partial charge in [-0.15, -0.1) is 0 Å². The van der Waals surface area contributed by atoms with E-state index in [9.17, 15) is 9.18 Å². The smallest absolute Gasteiger partial charge is 0.168 e. The molecule has 0 fully saturated rings. The highest BCUT2D eigenvalue weighted by molar-refractivity contribution is 9.10. The Labute approximate surface area is 118 Å². The van der Waals surface area contributed by atoms with Gasteiger partial charge in [0.1, 0.15) is 5.82 Å². The lowest BCUT2D eigenvalue weighted by atomic mass is 10.0. The zero-order valence-electron chi connectivity index (χ0n) is 9.29. The molecule has 0 unspecified atom stereocenters. The van der Waals surface area contributed by atoms with Crippen LogP contribution in [0.3, 0.4) is 0 Å². The number of rotatable bonds is 3. The minimum atomic E-state index is -0.398. The number of Topliss-reactive ketones (excluding diaryl/α,β-unsaturated/α-hetero) is 1. The van der Waals surface area contributed by atoms with E-state index in [1.807, 2.05) is 0 Å². The first-order valence-corrected chi connectivity index (χ1v) is 6.46. The van der Waals surface area contributed by atoms with Crippen molar-refractivity contribution in [1.82, 2.24) is 0 Å². The van der Waals surface area contributed by atoms with E-state index >= 15 is 0 Å². The van der Waals surface area contributed by atoms with E-state index in [4.69, 9.17) is 11.6 Å². The lowest BCUT2D eigenvalue weighted by Gasteiger charge is -2.05. The molecule has 0 aliphatic rings. The predicted octanol–water partition coefficient (Wildman–Crippen LogP) is 4.67. The molecule has 1 nitrogen and oxygen atoms in total. The standard InChI is InChI=1S/C14H9BrClFO/c15-10-6-5-9(13(17)8-10)7-14(18)11-3-1-2-4-12(11)16/h1-6,8H,7H2. The minimum absolute atomic E-state index is 0.00282. The van der Waals surface area contributed by atoms with Crippen LogP contribution >= 0.6 is 27.5 Å². The quantitative estimate of drug-likeness (QED) is 0.749. The molecule has 92 valence electrons. The first-order valence-electron chi connectivity index (χ1n) is 5.29. The van der Waals surface area contributed by atoms with Gasteiger partial charge in [-0.2, -0.15) is 0 Å². The number of benzene rings is 2. The summed E-state index contributed by atoms with van der Waals surface area (Å²) in [5, 5.41) is 0.389. The van der Waals surface area contributed by atoms with Crippen LogP contribution in [0.15, 0.2) is 46.9 Å². The third kappa shape index (κ3) is 2.98. The van der Waals surface area contributed by atoms with Crippen molar-refractivity contribution >= 4 is 33.3 Å². The second-order valence-electron chi connectivity index (χ2n) is 3.82. The Kier molecular flexibility index (Phi) is 4.15. The summed E-state index contributed by atoms with van der Waals surface area (Å²) in [6.45, 7) is 0. The molecular weight excluding hydrogens is 319 g/mol. The van der Waals surface area contributed by atoms with Crippen LogP contribution in [0.5, 0.6) is 0 Å². The largest absolute Gasteiger partial charge is 0.294 e. The molecule has 0 amide bonds. The molecule has 0 aromatic heterocycles. The summed E-state index contributed by atoms with van der Waals surface area (Å²) in [5.41, 5.74) is 0.782. The monoisotopic (exact) mass is 326 g/mol. The van der Waals surface area contributed by atoms with Crippen molar-refractivity contribution in [3.05, 3.63) is 68.9 Å². The molecule has 0 bridgehead atoms. The number of ketones is 1. The van der Waals surface area contributed by atoms with Crippen molar-refractivity contribution in [3.8, 4) is 0 Å². The first-order chi connectivity index (χ1) is 8.58. The van der Waals surface area contributed by atoms with Crippen LogP contribution in [0.25, 0.3) is 0 Å². The maximum atomic E-state index is 13.6. The second kappa shape index (κ2) is 5.63. The van der Waals surface area contributed by atoms with Gasteiger partial charge in [-0.05, 0) is 29.8 Å². The van der Waals surface area contributed by atoms with Crippen molar-refractivity contribution < 1.29 is 9.18 Å². The molecule has 18 heavy (non-hydrogen) atoms. The van der Waals surface area contributed by atoms with Crippen LogP contribution in [0.2, 0.25) is 5.02 Å². The highest BCUT2D eigenvalue weighted by atomic mass is 79.9. The highest BCUT2D eigenvalue weighted by Crippen LogP contribution is 2.20. The Morgan fingerprint density at radius 1 is 1.22 bits per heavy atom. The van der Waals surface area contributed by atoms with Crippen molar-refractivity contribution in [3.63, 3.8) is 0 Å². The van der Waals surface area contributed by atoms with Gasteiger partial charge in [0, 0.05) is 16.5 Å². The van der Waals surface area contributed by atoms with E-state index in [-0.39, 0.29) is 12.2 Å². The van der Waals surface area contributed by atoms with E-state index in [1.165, 1.54) is 6.07 Å². The third-order valence-electron chi connectivity index (χ3n) is 2.54. The number of hydrogen-bond donors (Lipinski definition) is 0. The first kappa shape index (κ1) is 13.2. The molecular formula is C14H9BrClFO. The maximum absolute atomic E-state index is 13.6. The van der Waals surface area contributed by atoms with Gasteiger partial charge >= 0.3 is 0 Å². The fourth-order valence-corrected chi connectivity index (χ4v) is 2.19. The van der Waals surface area contributed by atoms with Gasteiger partial charge < -0.3 is 0 Å².